The maximum atomic E-state index is 13.7. The van der Waals surface area contributed by atoms with Crippen molar-refractivity contribution in [3.8, 4) is 16.3 Å². The molecule has 1 N–H and O–H groups in total. The highest BCUT2D eigenvalue weighted by atomic mass is 35.5. The molecule has 1 aliphatic rings. The molecule has 0 spiro atoms. The smallest absolute Gasteiger partial charge is 0.416 e. The van der Waals surface area contributed by atoms with Crippen LogP contribution in [0.2, 0.25) is 0 Å². The van der Waals surface area contributed by atoms with Gasteiger partial charge in [0, 0.05) is 26.5 Å². The SMILES string of the molecule is Cc1cc(SC(Cc2ccc(C3C=CC(F)=C(Cl)C3)cc2)c2sc(-c3ccc(C(F)(F)F)cc3)nc2C)ccc1OCC(=O)O. The molecule has 4 nitrogen and oxygen atoms in total. The number of aromatic nitrogens is 1. The van der Waals surface area contributed by atoms with Crippen LogP contribution >= 0.6 is 34.7 Å². The molecule has 0 amide bonds. The topological polar surface area (TPSA) is 59.4 Å². The van der Waals surface area contributed by atoms with Gasteiger partial charge >= 0.3 is 12.1 Å². The van der Waals surface area contributed by atoms with E-state index in [1.54, 1.807) is 17.8 Å². The fourth-order valence-electron chi connectivity index (χ4n) is 4.97. The van der Waals surface area contributed by atoms with Crippen LogP contribution in [0.4, 0.5) is 17.6 Å². The van der Waals surface area contributed by atoms with E-state index in [2.05, 4.69) is 0 Å². The van der Waals surface area contributed by atoms with E-state index in [0.29, 0.717) is 29.2 Å². The van der Waals surface area contributed by atoms with Crippen molar-refractivity contribution in [2.24, 2.45) is 0 Å². The van der Waals surface area contributed by atoms with E-state index in [0.717, 1.165) is 44.3 Å². The van der Waals surface area contributed by atoms with Gasteiger partial charge in [0.2, 0.25) is 0 Å². The molecular weight excluding hydrogens is 646 g/mol. The summed E-state index contributed by atoms with van der Waals surface area (Å²) in [6, 6.07) is 18.7. The van der Waals surface area contributed by atoms with Crippen LogP contribution in [-0.4, -0.2) is 22.7 Å². The van der Waals surface area contributed by atoms with Crippen molar-refractivity contribution in [2.75, 3.05) is 6.61 Å². The molecular formula is C34H28ClF4NO3S2. The Kier molecular flexibility index (Phi) is 10.1. The lowest BCUT2D eigenvalue weighted by molar-refractivity contribution is -0.139. The van der Waals surface area contributed by atoms with Crippen molar-refractivity contribution in [1.82, 2.24) is 4.98 Å². The highest BCUT2D eigenvalue weighted by Crippen LogP contribution is 2.45. The molecule has 2 unspecified atom stereocenters. The van der Waals surface area contributed by atoms with Gasteiger partial charge in [-0.05, 0) is 79.8 Å². The highest BCUT2D eigenvalue weighted by Gasteiger charge is 2.30. The number of allylic oxidation sites excluding steroid dienone is 4. The third kappa shape index (κ3) is 8.17. The first-order chi connectivity index (χ1) is 21.4. The molecule has 3 aromatic carbocycles. The third-order valence-electron chi connectivity index (χ3n) is 7.32. The molecule has 234 valence electrons. The van der Waals surface area contributed by atoms with Gasteiger partial charge in [0.15, 0.2) is 6.61 Å². The van der Waals surface area contributed by atoms with Gasteiger partial charge in [-0.15, -0.1) is 23.1 Å². The minimum Gasteiger partial charge on any atom is -0.482 e. The van der Waals surface area contributed by atoms with E-state index in [1.165, 1.54) is 29.5 Å². The quantitative estimate of drug-likeness (QED) is 0.134. The average Bonchev–Trinajstić information content (AvgIpc) is 3.39. The average molecular weight is 674 g/mol. The molecule has 0 radical (unpaired) electrons. The van der Waals surface area contributed by atoms with Crippen LogP contribution in [0.1, 0.15) is 50.4 Å². The first kappa shape index (κ1) is 32.8. The van der Waals surface area contributed by atoms with Crippen LogP contribution in [0.25, 0.3) is 10.6 Å². The van der Waals surface area contributed by atoms with Crippen LogP contribution < -0.4 is 4.74 Å². The number of thioether (sulfide) groups is 1. The fourth-order valence-corrected chi connectivity index (χ4v) is 7.82. The van der Waals surface area contributed by atoms with Gasteiger partial charge in [-0.2, -0.15) is 13.2 Å². The first-order valence-corrected chi connectivity index (χ1v) is 16.0. The zero-order valence-corrected chi connectivity index (χ0v) is 26.6. The Hall–Kier alpha value is -3.60. The second-order valence-electron chi connectivity index (χ2n) is 10.6. The molecule has 5 rings (SSSR count). The molecule has 0 aliphatic heterocycles. The van der Waals surface area contributed by atoms with Crippen molar-refractivity contribution in [3.05, 3.63) is 123 Å². The summed E-state index contributed by atoms with van der Waals surface area (Å²) in [5, 5.41) is 9.72. The van der Waals surface area contributed by atoms with Crippen LogP contribution in [0.3, 0.4) is 0 Å². The van der Waals surface area contributed by atoms with E-state index in [4.69, 9.17) is 26.4 Å². The molecule has 0 fully saturated rings. The number of ether oxygens (including phenoxy) is 1. The van der Waals surface area contributed by atoms with Gasteiger partial charge in [-0.1, -0.05) is 54.1 Å². The van der Waals surface area contributed by atoms with Crippen molar-refractivity contribution >= 4 is 40.7 Å². The van der Waals surface area contributed by atoms with E-state index < -0.39 is 30.1 Å². The summed E-state index contributed by atoms with van der Waals surface area (Å²) >= 11 is 9.13. The summed E-state index contributed by atoms with van der Waals surface area (Å²) in [7, 11) is 0. The maximum Gasteiger partial charge on any atom is 0.416 e. The Morgan fingerprint density at radius 2 is 1.82 bits per heavy atom. The highest BCUT2D eigenvalue weighted by molar-refractivity contribution is 7.99. The predicted molar refractivity (Wildman–Crippen MR) is 171 cm³/mol. The maximum absolute atomic E-state index is 13.7. The lowest BCUT2D eigenvalue weighted by atomic mass is 9.91. The van der Waals surface area contributed by atoms with Gasteiger partial charge in [0.1, 0.15) is 16.6 Å². The number of aliphatic carboxylic acids is 1. The summed E-state index contributed by atoms with van der Waals surface area (Å²) in [4.78, 5) is 17.6. The Bertz CT molecular complexity index is 1750. The zero-order valence-electron chi connectivity index (χ0n) is 24.2. The van der Waals surface area contributed by atoms with Crippen molar-refractivity contribution in [3.63, 3.8) is 0 Å². The third-order valence-corrected chi connectivity index (χ3v) is 10.3. The number of thiazole rings is 1. The number of carboxylic acids is 1. The van der Waals surface area contributed by atoms with Crippen LogP contribution in [-0.2, 0) is 17.4 Å². The molecule has 11 heteroatoms. The second-order valence-corrected chi connectivity index (χ2v) is 13.4. The Labute approximate surface area is 271 Å². The lowest BCUT2D eigenvalue weighted by Crippen LogP contribution is -2.10. The van der Waals surface area contributed by atoms with Crippen molar-refractivity contribution in [1.29, 1.82) is 0 Å². The molecule has 45 heavy (non-hydrogen) atoms. The number of rotatable bonds is 10. The largest absolute Gasteiger partial charge is 0.482 e. The Morgan fingerprint density at radius 3 is 2.44 bits per heavy atom. The summed E-state index contributed by atoms with van der Waals surface area (Å²) in [5.74, 6) is -0.999. The van der Waals surface area contributed by atoms with Gasteiger partial charge in [-0.3, -0.25) is 0 Å². The molecule has 1 heterocycles. The molecule has 4 aromatic rings. The molecule has 2 atom stereocenters. The fraction of sp³-hybridized carbons (Fsp3) is 0.235. The monoisotopic (exact) mass is 673 g/mol. The second kappa shape index (κ2) is 13.8. The summed E-state index contributed by atoms with van der Waals surface area (Å²) in [5.41, 5.74) is 3.56. The molecule has 0 bridgehead atoms. The number of hydrogen-bond donors (Lipinski definition) is 1. The number of aryl methyl sites for hydroxylation is 2. The number of nitrogens with zero attached hydrogens (tertiary/aromatic N) is 1. The normalized spacial score (nSPS) is 15.8. The number of hydrogen-bond acceptors (Lipinski definition) is 5. The van der Waals surface area contributed by atoms with Crippen LogP contribution in [0.15, 0.2) is 94.6 Å². The van der Waals surface area contributed by atoms with E-state index >= 15 is 0 Å². The summed E-state index contributed by atoms with van der Waals surface area (Å²) in [6.07, 6.45) is -0.173. The van der Waals surface area contributed by atoms with E-state index in [9.17, 15) is 22.4 Å². The number of carboxylic acid groups (broad SMARTS) is 1. The Morgan fingerprint density at radius 1 is 1.11 bits per heavy atom. The molecule has 1 aromatic heterocycles. The van der Waals surface area contributed by atoms with Gasteiger partial charge in [0.05, 0.1) is 16.3 Å². The van der Waals surface area contributed by atoms with Crippen LogP contribution in [0.5, 0.6) is 5.75 Å². The van der Waals surface area contributed by atoms with E-state index in [1.807, 2.05) is 56.3 Å². The van der Waals surface area contributed by atoms with Crippen molar-refractivity contribution < 1.29 is 32.2 Å². The van der Waals surface area contributed by atoms with Crippen LogP contribution in [0, 0.1) is 13.8 Å². The van der Waals surface area contributed by atoms with Crippen molar-refractivity contribution in [2.45, 2.75) is 48.9 Å². The lowest BCUT2D eigenvalue weighted by Gasteiger charge is -2.19. The number of alkyl halides is 3. The molecule has 0 saturated carbocycles. The number of carbonyl (C=O) groups is 1. The summed E-state index contributed by atoms with van der Waals surface area (Å²) in [6.45, 7) is 3.31. The number of halogens is 5. The first-order valence-electron chi connectivity index (χ1n) is 14.0. The van der Waals surface area contributed by atoms with Gasteiger partial charge < -0.3 is 9.84 Å². The van der Waals surface area contributed by atoms with E-state index in [-0.39, 0.29) is 16.2 Å². The van der Waals surface area contributed by atoms with Gasteiger partial charge in [0.25, 0.3) is 0 Å². The molecule has 1 aliphatic carbocycles. The Balaban J connectivity index is 1.43. The summed E-state index contributed by atoms with van der Waals surface area (Å²) < 4.78 is 58.5. The standard InChI is InChI=1S/C34H28ClF4NO3S2/c1-19-15-26(12-14-29(19)43-18-31(41)42)44-30(16-21-3-5-22(6-4-21)24-9-13-28(36)27(35)17-24)32-20(2)40-33(45-32)23-7-10-25(11-8-23)34(37,38)39/h3-15,24,30H,16-18H2,1-2H3,(H,41,42). The predicted octanol–water partition coefficient (Wildman–Crippen LogP) is 10.4. The number of benzene rings is 3. The minimum atomic E-state index is -4.42. The zero-order chi connectivity index (χ0) is 32.3. The minimum absolute atomic E-state index is 0.0175. The molecule has 0 saturated heterocycles. The van der Waals surface area contributed by atoms with Gasteiger partial charge in [-0.25, -0.2) is 14.2 Å².